The Hall–Kier alpha value is -1.19. The van der Waals surface area contributed by atoms with E-state index in [-0.39, 0.29) is 16.2 Å². The summed E-state index contributed by atoms with van der Waals surface area (Å²) in [6, 6.07) is 11.7. The van der Waals surface area contributed by atoms with Crippen LogP contribution in [0.5, 0.6) is 0 Å². The molecule has 0 spiro atoms. The van der Waals surface area contributed by atoms with Crippen LogP contribution in [0.2, 0.25) is 0 Å². The van der Waals surface area contributed by atoms with Gasteiger partial charge in [-0.15, -0.1) is 0 Å². The monoisotopic (exact) mass is 409 g/mol. The predicted molar refractivity (Wildman–Crippen MR) is 120 cm³/mol. The molecule has 6 rings (SSSR count). The molecule has 1 aromatic carbocycles. The van der Waals surface area contributed by atoms with Crippen LogP contribution in [0.3, 0.4) is 0 Å². The van der Waals surface area contributed by atoms with Gasteiger partial charge in [-0.05, 0) is 100.0 Å². The van der Waals surface area contributed by atoms with Gasteiger partial charge in [-0.1, -0.05) is 30.3 Å². The van der Waals surface area contributed by atoms with Crippen LogP contribution < -0.4 is 5.32 Å². The van der Waals surface area contributed by atoms with Crippen molar-refractivity contribution in [2.45, 2.75) is 83.1 Å². The number of ether oxygens (including phenoxy) is 1. The Balaban J connectivity index is 1.46. The van der Waals surface area contributed by atoms with E-state index in [2.05, 4.69) is 49.5 Å². The summed E-state index contributed by atoms with van der Waals surface area (Å²) in [6.07, 6.45) is 10.1. The molecule has 3 nitrogen and oxygen atoms in total. The van der Waals surface area contributed by atoms with E-state index in [9.17, 15) is 4.79 Å². The quantitative estimate of drug-likeness (QED) is 0.666. The molecule has 5 fully saturated rings. The number of carbonyl (C=O) groups is 1. The van der Waals surface area contributed by atoms with Crippen molar-refractivity contribution in [2.75, 3.05) is 19.8 Å². The van der Waals surface area contributed by atoms with Gasteiger partial charge in [0.1, 0.15) is 5.78 Å². The molecule has 1 N–H and O–H groups in total. The van der Waals surface area contributed by atoms with E-state index in [0.717, 1.165) is 58.3 Å². The van der Waals surface area contributed by atoms with E-state index in [4.69, 9.17) is 4.74 Å². The van der Waals surface area contributed by atoms with Gasteiger partial charge < -0.3 is 10.1 Å². The average molecular weight is 410 g/mol. The molecule has 2 unspecified atom stereocenters. The zero-order valence-corrected chi connectivity index (χ0v) is 18.9. The first kappa shape index (κ1) is 20.7. The summed E-state index contributed by atoms with van der Waals surface area (Å²) >= 11 is 0. The number of benzene rings is 1. The Morgan fingerprint density at radius 3 is 2.73 bits per heavy atom. The number of carbonyl (C=O) groups excluding carboxylic acids is 1. The molecule has 4 bridgehead atoms. The minimum atomic E-state index is -0.111. The Kier molecular flexibility index (Phi) is 5.34. The minimum absolute atomic E-state index is 0.111. The second-order valence-electron chi connectivity index (χ2n) is 11.4. The molecule has 30 heavy (non-hydrogen) atoms. The van der Waals surface area contributed by atoms with Gasteiger partial charge >= 0.3 is 0 Å². The Morgan fingerprint density at radius 2 is 1.97 bits per heavy atom. The van der Waals surface area contributed by atoms with Gasteiger partial charge in [-0.3, -0.25) is 4.79 Å². The van der Waals surface area contributed by atoms with Crippen molar-refractivity contribution in [1.82, 2.24) is 5.32 Å². The van der Waals surface area contributed by atoms with E-state index in [1.165, 1.54) is 24.8 Å². The second-order valence-corrected chi connectivity index (χ2v) is 11.4. The molecular weight excluding hydrogens is 370 g/mol. The summed E-state index contributed by atoms with van der Waals surface area (Å²) in [6.45, 7) is 7.05. The van der Waals surface area contributed by atoms with Crippen LogP contribution >= 0.6 is 0 Å². The molecule has 0 radical (unpaired) electrons. The first-order chi connectivity index (χ1) is 14.5. The van der Waals surface area contributed by atoms with Crippen molar-refractivity contribution in [3.8, 4) is 0 Å². The van der Waals surface area contributed by atoms with Gasteiger partial charge in [0.05, 0.1) is 6.61 Å². The van der Waals surface area contributed by atoms with Gasteiger partial charge in [0.15, 0.2) is 0 Å². The van der Waals surface area contributed by atoms with Crippen molar-refractivity contribution < 1.29 is 9.53 Å². The fourth-order valence-electron chi connectivity index (χ4n) is 8.44. The Labute approximate surface area is 182 Å². The van der Waals surface area contributed by atoms with Crippen LogP contribution in [0.25, 0.3) is 0 Å². The third-order valence-corrected chi connectivity index (χ3v) is 8.98. The highest BCUT2D eigenvalue weighted by Crippen LogP contribution is 2.70. The maximum Gasteiger partial charge on any atom is 0.139 e. The number of hydrogen-bond acceptors (Lipinski definition) is 3. The molecule has 1 saturated heterocycles. The number of nitrogens with one attached hydrogen (secondary N) is 1. The minimum Gasteiger partial charge on any atom is -0.381 e. The largest absolute Gasteiger partial charge is 0.381 e. The summed E-state index contributed by atoms with van der Waals surface area (Å²) in [5, 5.41) is 3.55. The third-order valence-electron chi connectivity index (χ3n) is 8.98. The van der Waals surface area contributed by atoms with Crippen LogP contribution in [-0.4, -0.2) is 31.6 Å². The molecule has 4 saturated carbocycles. The smallest absolute Gasteiger partial charge is 0.139 e. The zero-order chi connectivity index (χ0) is 20.8. The van der Waals surface area contributed by atoms with Crippen LogP contribution in [0, 0.1) is 22.7 Å². The molecule has 1 heterocycles. The average Bonchev–Trinajstić information content (AvgIpc) is 2.72. The normalized spacial score (nSPS) is 42.4. The van der Waals surface area contributed by atoms with E-state index in [1.54, 1.807) is 0 Å². The maximum atomic E-state index is 14.0. The lowest BCUT2D eigenvalue weighted by Gasteiger charge is -2.66. The van der Waals surface area contributed by atoms with Crippen LogP contribution in [-0.2, 0) is 14.9 Å². The lowest BCUT2D eigenvalue weighted by molar-refractivity contribution is -0.171. The summed E-state index contributed by atoms with van der Waals surface area (Å²) in [5.74, 6) is 1.84. The lowest BCUT2D eigenvalue weighted by atomic mass is 9.37. The second kappa shape index (κ2) is 7.74. The molecule has 164 valence electrons. The van der Waals surface area contributed by atoms with Crippen LogP contribution in [0.4, 0.5) is 0 Å². The Morgan fingerprint density at radius 1 is 1.13 bits per heavy atom. The van der Waals surface area contributed by atoms with Crippen molar-refractivity contribution in [3.05, 3.63) is 35.9 Å². The standard InChI is InChI=1S/C27H39NO2/c1-3-30-19-25-13-22-14-26(16-25,23-7-5-4-6-8-23)18-27(15-22,17-25)24(29)12-21-9-10-28-20(2)11-21/h4-8,20-22,28H,3,9-19H2,1-2H3/t20-,21-,22?,25-,26+,27?/m0/s1. The molecule has 1 aliphatic heterocycles. The van der Waals surface area contributed by atoms with E-state index in [0.29, 0.717) is 23.7 Å². The molecule has 0 aromatic heterocycles. The highest BCUT2D eigenvalue weighted by atomic mass is 16.5. The van der Waals surface area contributed by atoms with Gasteiger partial charge in [-0.25, -0.2) is 0 Å². The van der Waals surface area contributed by atoms with Crippen molar-refractivity contribution in [3.63, 3.8) is 0 Å². The molecular formula is C27H39NO2. The highest BCUT2D eigenvalue weighted by molar-refractivity contribution is 5.86. The summed E-state index contributed by atoms with van der Waals surface area (Å²) in [7, 11) is 0. The van der Waals surface area contributed by atoms with Gasteiger partial charge in [0.2, 0.25) is 0 Å². The number of ketones is 1. The van der Waals surface area contributed by atoms with E-state index < -0.39 is 0 Å². The summed E-state index contributed by atoms with van der Waals surface area (Å²) < 4.78 is 6.07. The van der Waals surface area contributed by atoms with E-state index >= 15 is 0 Å². The van der Waals surface area contributed by atoms with Crippen molar-refractivity contribution >= 4 is 5.78 Å². The van der Waals surface area contributed by atoms with Crippen molar-refractivity contribution in [2.24, 2.45) is 22.7 Å². The first-order valence-electron chi connectivity index (χ1n) is 12.4. The predicted octanol–water partition coefficient (Wildman–Crippen LogP) is 5.28. The molecule has 1 aromatic rings. The number of Topliss-reactive ketones (excluding diaryl/α,β-unsaturated/α-hetero) is 1. The lowest BCUT2D eigenvalue weighted by Crippen LogP contribution is -2.62. The van der Waals surface area contributed by atoms with Crippen LogP contribution in [0.15, 0.2) is 30.3 Å². The fourth-order valence-corrected chi connectivity index (χ4v) is 8.44. The first-order valence-corrected chi connectivity index (χ1v) is 12.4. The van der Waals surface area contributed by atoms with Gasteiger partial charge in [0, 0.05) is 24.5 Å². The third kappa shape index (κ3) is 3.56. The maximum absolute atomic E-state index is 14.0. The molecule has 5 aliphatic rings. The van der Waals surface area contributed by atoms with E-state index in [1.807, 2.05) is 0 Å². The topological polar surface area (TPSA) is 38.3 Å². The van der Waals surface area contributed by atoms with Crippen molar-refractivity contribution in [1.29, 1.82) is 0 Å². The number of piperidine rings is 1. The van der Waals surface area contributed by atoms with Gasteiger partial charge in [0.25, 0.3) is 0 Å². The zero-order valence-electron chi connectivity index (χ0n) is 18.9. The van der Waals surface area contributed by atoms with Gasteiger partial charge in [-0.2, -0.15) is 0 Å². The summed E-state index contributed by atoms with van der Waals surface area (Å²) in [5.41, 5.74) is 1.74. The number of hydrogen-bond donors (Lipinski definition) is 1. The molecule has 6 atom stereocenters. The molecule has 3 heteroatoms. The summed E-state index contributed by atoms with van der Waals surface area (Å²) in [4.78, 5) is 14.0. The van der Waals surface area contributed by atoms with Crippen LogP contribution in [0.1, 0.15) is 77.2 Å². The number of rotatable bonds is 7. The molecule has 0 amide bonds. The highest BCUT2D eigenvalue weighted by Gasteiger charge is 2.65. The fraction of sp³-hybridized carbons (Fsp3) is 0.741. The Bertz CT molecular complexity index is 778. The SMILES string of the molecule is CCOC[C@]12CC3CC(C(=O)C[C@H]4CCN[C@@H](C)C4)(C1)C[C@@](c1ccccc1)(C3)C2. The molecule has 4 aliphatic carbocycles.